The van der Waals surface area contributed by atoms with E-state index in [2.05, 4.69) is 26.5 Å². The molecule has 0 unspecified atom stereocenters. The zero-order valence-electron chi connectivity index (χ0n) is 23.2. The number of hydrogen-bond acceptors (Lipinski definition) is 10. The number of hydrogen-bond donors (Lipinski definition) is 1. The van der Waals surface area contributed by atoms with Gasteiger partial charge < -0.3 is 14.5 Å². The van der Waals surface area contributed by atoms with Crippen molar-refractivity contribution < 1.29 is 26.7 Å². The van der Waals surface area contributed by atoms with Gasteiger partial charge in [0.25, 0.3) is 6.43 Å². The van der Waals surface area contributed by atoms with E-state index in [0.29, 0.717) is 41.3 Å². The first-order valence-electron chi connectivity index (χ1n) is 13.0. The zero-order valence-corrected chi connectivity index (χ0v) is 24.8. The summed E-state index contributed by atoms with van der Waals surface area (Å²) in [4.78, 5) is 22.5. The van der Waals surface area contributed by atoms with Crippen LogP contribution in [0.3, 0.4) is 0 Å². The van der Waals surface area contributed by atoms with Gasteiger partial charge >= 0.3 is 6.09 Å². The van der Waals surface area contributed by atoms with E-state index in [1.54, 1.807) is 6.07 Å². The van der Waals surface area contributed by atoms with Gasteiger partial charge in [0.2, 0.25) is 10.0 Å². The van der Waals surface area contributed by atoms with E-state index in [-0.39, 0.29) is 34.9 Å². The Kier molecular flexibility index (Phi) is 7.78. The minimum atomic E-state index is -3.95. The second kappa shape index (κ2) is 10.9. The molecule has 222 valence electrons. The van der Waals surface area contributed by atoms with Crippen molar-refractivity contribution in [2.75, 3.05) is 45.2 Å². The van der Waals surface area contributed by atoms with Crippen LogP contribution >= 0.6 is 11.3 Å². The number of imidazole rings is 1. The second-order valence-corrected chi connectivity index (χ2v) is 13.6. The molecule has 3 aromatic heterocycles. The quantitative estimate of drug-likeness (QED) is 0.388. The first-order chi connectivity index (χ1) is 19.3. The molecule has 12 nitrogen and oxygen atoms in total. The van der Waals surface area contributed by atoms with Crippen molar-refractivity contribution in [2.24, 2.45) is 0 Å². The van der Waals surface area contributed by atoms with E-state index in [1.807, 2.05) is 37.7 Å². The summed E-state index contributed by atoms with van der Waals surface area (Å²) in [6, 6.07) is 1.22. The van der Waals surface area contributed by atoms with E-state index in [1.165, 1.54) is 21.7 Å². The van der Waals surface area contributed by atoms with E-state index in [0.717, 1.165) is 12.8 Å². The minimum Gasteiger partial charge on any atom is -0.448 e. The number of pyridine rings is 1. The van der Waals surface area contributed by atoms with Gasteiger partial charge in [-0.2, -0.15) is 0 Å². The highest BCUT2D eigenvalue weighted by atomic mass is 32.2. The van der Waals surface area contributed by atoms with Crippen molar-refractivity contribution in [3.63, 3.8) is 0 Å². The highest BCUT2D eigenvalue weighted by molar-refractivity contribution is 7.89. The van der Waals surface area contributed by atoms with Gasteiger partial charge in [-0.25, -0.2) is 31.7 Å². The second-order valence-electron chi connectivity index (χ2n) is 10.9. The number of carbonyl (C=O) groups excluding carboxylic acids is 1. The summed E-state index contributed by atoms with van der Waals surface area (Å²) in [5.41, 5.74) is 1.03. The predicted octanol–water partition coefficient (Wildman–Crippen LogP) is 3.34. The fourth-order valence-electron chi connectivity index (χ4n) is 4.65. The third-order valence-electron chi connectivity index (χ3n) is 7.05. The molecule has 1 aliphatic heterocycles. The monoisotopic (exact) mass is 610 g/mol. The number of rotatable bonds is 9. The number of halogens is 2. The van der Waals surface area contributed by atoms with Gasteiger partial charge in [0.05, 0.1) is 30.0 Å². The van der Waals surface area contributed by atoms with Crippen molar-refractivity contribution in [1.29, 1.82) is 0 Å². The zero-order chi connectivity index (χ0) is 29.7. The Hall–Kier alpha value is -3.21. The van der Waals surface area contributed by atoms with Crippen molar-refractivity contribution in [3.05, 3.63) is 35.7 Å². The molecule has 0 spiro atoms. The number of fused-ring (bicyclic) bond motifs is 1. The van der Waals surface area contributed by atoms with Crippen molar-refractivity contribution in [3.8, 4) is 10.8 Å². The predicted molar refractivity (Wildman–Crippen MR) is 150 cm³/mol. The molecule has 0 radical (unpaired) electrons. The lowest BCUT2D eigenvalue weighted by atomic mass is 10.1. The summed E-state index contributed by atoms with van der Waals surface area (Å²) >= 11 is 0.691. The number of aromatic nitrogens is 4. The molecule has 1 atom stereocenters. The molecule has 5 rings (SSSR count). The maximum absolute atomic E-state index is 13.5. The van der Waals surface area contributed by atoms with E-state index < -0.39 is 33.1 Å². The Morgan fingerprint density at radius 1 is 1.34 bits per heavy atom. The van der Waals surface area contributed by atoms with Gasteiger partial charge in [-0.1, -0.05) is 17.9 Å². The van der Waals surface area contributed by atoms with E-state index >= 15 is 0 Å². The summed E-state index contributed by atoms with van der Waals surface area (Å²) in [5.74, 6) is 0.190. The molecule has 41 heavy (non-hydrogen) atoms. The number of sulfonamides is 1. The molecule has 1 saturated carbocycles. The molecule has 16 heteroatoms. The molecular formula is C25H32F2N8O4S2. The summed E-state index contributed by atoms with van der Waals surface area (Å²) < 4.78 is 63.1. The Morgan fingerprint density at radius 2 is 2.07 bits per heavy atom. The number of anilines is 1. The maximum Gasteiger partial charge on any atom is 0.414 e. The molecule has 4 heterocycles. The number of likely N-dealkylation sites (N-methyl/N-ethyl adjacent to an activating group) is 1. The van der Waals surface area contributed by atoms with Crippen LogP contribution < -0.4 is 9.62 Å². The molecule has 1 N–H and O–H groups in total. The Bertz CT molecular complexity index is 1590. The highest BCUT2D eigenvalue weighted by Gasteiger charge is 2.42. The van der Waals surface area contributed by atoms with Crippen molar-refractivity contribution >= 4 is 38.7 Å². The van der Waals surface area contributed by atoms with Crippen LogP contribution in [0.15, 0.2) is 35.6 Å². The molecule has 1 saturated heterocycles. The van der Waals surface area contributed by atoms with Gasteiger partial charge in [-0.15, -0.1) is 10.2 Å². The largest absolute Gasteiger partial charge is 0.448 e. The van der Waals surface area contributed by atoms with Crippen LogP contribution in [0.25, 0.3) is 16.3 Å². The van der Waals surface area contributed by atoms with Gasteiger partial charge in [0, 0.05) is 30.5 Å². The Morgan fingerprint density at radius 3 is 2.68 bits per heavy atom. The van der Waals surface area contributed by atoms with Crippen LogP contribution in [0.1, 0.15) is 38.1 Å². The molecule has 0 bridgehead atoms. The topological polar surface area (TPSA) is 125 Å². The number of nitrogens with one attached hydrogen (secondary N) is 1. The van der Waals surface area contributed by atoms with Crippen LogP contribution in [-0.2, 0) is 14.8 Å². The van der Waals surface area contributed by atoms with Gasteiger partial charge in [0.15, 0.2) is 15.8 Å². The third kappa shape index (κ3) is 6.05. The van der Waals surface area contributed by atoms with Gasteiger partial charge in [0.1, 0.15) is 11.5 Å². The molecule has 3 aromatic rings. The van der Waals surface area contributed by atoms with E-state index in [4.69, 9.17) is 4.74 Å². The molecule has 1 amide bonds. The fourth-order valence-corrected chi connectivity index (χ4v) is 6.82. The number of carbonyl (C=O) groups is 1. The van der Waals surface area contributed by atoms with Crippen LogP contribution in [0, 0.1) is 0 Å². The van der Waals surface area contributed by atoms with Gasteiger partial charge in [-0.05, 0) is 46.9 Å². The van der Waals surface area contributed by atoms with Crippen molar-refractivity contribution in [1.82, 2.24) is 34.1 Å². The highest BCUT2D eigenvalue weighted by Crippen LogP contribution is 2.38. The minimum absolute atomic E-state index is 0.0187. The summed E-state index contributed by atoms with van der Waals surface area (Å²) in [7, 11) is -0.184. The molecule has 0 aromatic carbocycles. The van der Waals surface area contributed by atoms with E-state index in [9.17, 15) is 22.0 Å². The molecular weight excluding hydrogens is 578 g/mol. The fraction of sp³-hybridized carbons (Fsp3) is 0.520. The summed E-state index contributed by atoms with van der Waals surface area (Å²) in [6.45, 7) is 9.16. The molecule has 1 aliphatic carbocycles. The first-order valence-corrected chi connectivity index (χ1v) is 15.3. The number of nitrogens with zero attached hydrogens (tertiary/aromatic N) is 7. The normalized spacial score (nSPS) is 19.0. The number of alkyl halides is 2. The Balaban J connectivity index is 1.52. The van der Waals surface area contributed by atoms with Crippen LogP contribution in [0.2, 0.25) is 0 Å². The standard InChI is InChI=1S/C25H32F2N8O4S2/c1-15-12-33(13-16(2)35(15)24(36)39-9-8-32(4)5)18-10-17(41(37,38)31-25(3)6-7-25)14-34-19(18)11-28-21(34)23-30-29-22(40-23)20(26)27/h10-11,14,16,20,31H,1,6-9,12-13H2,2-5H3/t16-/m0/s1. The summed E-state index contributed by atoms with van der Waals surface area (Å²) in [6.07, 6.45) is 1.11. The lowest BCUT2D eigenvalue weighted by molar-refractivity contribution is 0.0930. The first kappa shape index (κ1) is 29.3. The van der Waals surface area contributed by atoms with Crippen LogP contribution in [-0.4, -0.2) is 95.8 Å². The van der Waals surface area contributed by atoms with Crippen molar-refractivity contribution in [2.45, 2.75) is 49.6 Å². The van der Waals surface area contributed by atoms with Crippen LogP contribution in [0.5, 0.6) is 0 Å². The smallest absolute Gasteiger partial charge is 0.414 e. The van der Waals surface area contributed by atoms with Crippen LogP contribution in [0.4, 0.5) is 19.3 Å². The average molecular weight is 611 g/mol. The third-order valence-corrected chi connectivity index (χ3v) is 9.58. The number of ether oxygens (including phenoxy) is 1. The molecule has 2 aliphatic rings. The average Bonchev–Trinajstić information content (AvgIpc) is 3.26. The lowest BCUT2D eigenvalue weighted by Gasteiger charge is -2.41. The number of amides is 1. The molecule has 2 fully saturated rings. The Labute approximate surface area is 240 Å². The summed E-state index contributed by atoms with van der Waals surface area (Å²) in [5, 5.41) is 7.10. The SMILES string of the molecule is C=C1CN(c2cc(S(=O)(=O)NC3(C)CC3)cn3c(-c4nnc(C(F)F)s4)ncc23)C[C@H](C)N1C(=O)OCCN(C)C. The number of piperazine rings is 1. The maximum atomic E-state index is 13.5. The van der Waals surface area contributed by atoms with Gasteiger partial charge in [-0.3, -0.25) is 9.30 Å². The lowest BCUT2D eigenvalue weighted by Crippen LogP contribution is -2.52.